The molecular formula is C13H14F2N2O2. The highest BCUT2D eigenvalue weighted by Crippen LogP contribution is 2.08. The highest BCUT2D eigenvalue weighted by molar-refractivity contribution is 5.97. The number of halogens is 2. The van der Waals surface area contributed by atoms with Crippen LogP contribution in [0.15, 0.2) is 30.9 Å². The summed E-state index contributed by atoms with van der Waals surface area (Å²) in [5.41, 5.74) is 4.92. The number of amides is 2. The number of primary amides is 1. The van der Waals surface area contributed by atoms with Gasteiger partial charge < -0.3 is 11.1 Å². The number of hydrogen-bond donors (Lipinski definition) is 2. The zero-order valence-electron chi connectivity index (χ0n) is 10.2. The fourth-order valence-corrected chi connectivity index (χ4v) is 1.50. The highest BCUT2D eigenvalue weighted by atomic mass is 19.1. The average Bonchev–Trinajstić information content (AvgIpc) is 2.32. The Hall–Kier alpha value is -2.24. The Bertz CT molecular complexity index is 483. The molecule has 102 valence electrons. The fourth-order valence-electron chi connectivity index (χ4n) is 1.50. The Morgan fingerprint density at radius 1 is 1.32 bits per heavy atom. The zero-order chi connectivity index (χ0) is 14.4. The van der Waals surface area contributed by atoms with E-state index >= 15 is 0 Å². The SMILES string of the molecule is C=CCC[C@@H](NC(=O)c1cc(F)cc(F)c1)C(N)=O. The average molecular weight is 268 g/mol. The predicted octanol–water partition coefficient (Wildman–Crippen LogP) is 1.51. The summed E-state index contributed by atoms with van der Waals surface area (Å²) in [5.74, 6) is -3.21. The van der Waals surface area contributed by atoms with Crippen molar-refractivity contribution >= 4 is 11.8 Å². The van der Waals surface area contributed by atoms with Crippen molar-refractivity contribution in [3.63, 3.8) is 0 Å². The molecule has 1 atom stereocenters. The molecule has 1 aromatic rings. The number of benzene rings is 1. The van der Waals surface area contributed by atoms with E-state index in [0.29, 0.717) is 12.5 Å². The lowest BCUT2D eigenvalue weighted by Gasteiger charge is -2.14. The molecule has 0 heterocycles. The molecule has 0 radical (unpaired) electrons. The monoisotopic (exact) mass is 268 g/mol. The van der Waals surface area contributed by atoms with E-state index in [4.69, 9.17) is 5.73 Å². The molecule has 0 saturated heterocycles. The standard InChI is InChI=1S/C13H14F2N2O2/c1-2-3-4-11(12(16)18)17-13(19)8-5-9(14)7-10(15)6-8/h2,5-7,11H,1,3-4H2,(H2,16,18)(H,17,19)/t11-/m1/s1. The molecule has 6 heteroatoms. The molecule has 0 bridgehead atoms. The maximum absolute atomic E-state index is 13.0. The van der Waals surface area contributed by atoms with Crippen LogP contribution in [0.25, 0.3) is 0 Å². The molecule has 3 N–H and O–H groups in total. The van der Waals surface area contributed by atoms with Crippen LogP contribution in [0.5, 0.6) is 0 Å². The number of nitrogens with two attached hydrogens (primary N) is 1. The smallest absolute Gasteiger partial charge is 0.252 e. The van der Waals surface area contributed by atoms with Gasteiger partial charge in [0.2, 0.25) is 5.91 Å². The summed E-state index contributed by atoms with van der Waals surface area (Å²) in [6, 6.07) is 1.50. The first-order chi connectivity index (χ1) is 8.93. The molecular weight excluding hydrogens is 254 g/mol. The molecule has 0 unspecified atom stereocenters. The molecule has 4 nitrogen and oxygen atoms in total. The van der Waals surface area contributed by atoms with Crippen LogP contribution in [0, 0.1) is 11.6 Å². The Morgan fingerprint density at radius 3 is 2.37 bits per heavy atom. The Balaban J connectivity index is 2.81. The van der Waals surface area contributed by atoms with Gasteiger partial charge in [-0.25, -0.2) is 8.78 Å². The quantitative estimate of drug-likeness (QED) is 0.768. The third-order valence-electron chi connectivity index (χ3n) is 2.43. The van der Waals surface area contributed by atoms with Crippen molar-refractivity contribution in [3.05, 3.63) is 48.1 Å². The molecule has 0 spiro atoms. The van der Waals surface area contributed by atoms with Gasteiger partial charge in [-0.3, -0.25) is 9.59 Å². The van der Waals surface area contributed by atoms with E-state index in [1.165, 1.54) is 0 Å². The number of hydrogen-bond acceptors (Lipinski definition) is 2. The van der Waals surface area contributed by atoms with Crippen LogP contribution in [0.4, 0.5) is 8.78 Å². The second-order valence-electron chi connectivity index (χ2n) is 3.95. The lowest BCUT2D eigenvalue weighted by molar-refractivity contribution is -0.119. The largest absolute Gasteiger partial charge is 0.368 e. The van der Waals surface area contributed by atoms with Crippen molar-refractivity contribution in [2.45, 2.75) is 18.9 Å². The molecule has 2 amide bonds. The molecule has 0 saturated carbocycles. The number of rotatable bonds is 6. The fraction of sp³-hybridized carbons (Fsp3) is 0.231. The highest BCUT2D eigenvalue weighted by Gasteiger charge is 2.18. The van der Waals surface area contributed by atoms with Crippen LogP contribution in [0.1, 0.15) is 23.2 Å². The van der Waals surface area contributed by atoms with Crippen molar-refractivity contribution in [2.24, 2.45) is 5.73 Å². The van der Waals surface area contributed by atoms with E-state index in [1.807, 2.05) is 0 Å². The van der Waals surface area contributed by atoms with Gasteiger partial charge in [0.05, 0.1) is 0 Å². The first kappa shape index (κ1) is 14.8. The molecule has 0 aliphatic rings. The molecule has 0 fully saturated rings. The first-order valence-electron chi connectivity index (χ1n) is 5.61. The minimum atomic E-state index is -0.906. The Kier molecular flexibility index (Phi) is 5.17. The van der Waals surface area contributed by atoms with Crippen molar-refractivity contribution in [2.75, 3.05) is 0 Å². The number of allylic oxidation sites excluding steroid dienone is 1. The second-order valence-corrected chi connectivity index (χ2v) is 3.95. The van der Waals surface area contributed by atoms with Gasteiger partial charge in [-0.2, -0.15) is 0 Å². The van der Waals surface area contributed by atoms with Crippen LogP contribution in [-0.4, -0.2) is 17.9 Å². The van der Waals surface area contributed by atoms with Crippen molar-refractivity contribution in [3.8, 4) is 0 Å². The third kappa shape index (κ3) is 4.50. The van der Waals surface area contributed by atoms with Gasteiger partial charge in [0, 0.05) is 11.6 Å². The molecule has 19 heavy (non-hydrogen) atoms. The second kappa shape index (κ2) is 6.63. The zero-order valence-corrected chi connectivity index (χ0v) is 10.2. The summed E-state index contributed by atoms with van der Waals surface area (Å²) in [6.07, 6.45) is 2.33. The molecule has 0 aliphatic heterocycles. The number of carbonyl (C=O) groups is 2. The van der Waals surface area contributed by atoms with E-state index in [9.17, 15) is 18.4 Å². The minimum Gasteiger partial charge on any atom is -0.368 e. The lowest BCUT2D eigenvalue weighted by Crippen LogP contribution is -2.44. The van der Waals surface area contributed by atoms with Crippen LogP contribution in [0.3, 0.4) is 0 Å². The Morgan fingerprint density at radius 2 is 1.89 bits per heavy atom. The third-order valence-corrected chi connectivity index (χ3v) is 2.43. The van der Waals surface area contributed by atoms with E-state index in [0.717, 1.165) is 12.1 Å². The summed E-state index contributed by atoms with van der Waals surface area (Å²) in [6.45, 7) is 3.49. The van der Waals surface area contributed by atoms with Crippen LogP contribution < -0.4 is 11.1 Å². The van der Waals surface area contributed by atoms with Gasteiger partial charge in [-0.05, 0) is 25.0 Å². The van der Waals surface area contributed by atoms with Crippen molar-refractivity contribution in [1.82, 2.24) is 5.32 Å². The van der Waals surface area contributed by atoms with Crippen LogP contribution in [-0.2, 0) is 4.79 Å². The van der Waals surface area contributed by atoms with E-state index in [1.54, 1.807) is 6.08 Å². The lowest BCUT2D eigenvalue weighted by atomic mass is 10.1. The maximum atomic E-state index is 13.0. The van der Waals surface area contributed by atoms with E-state index in [2.05, 4.69) is 11.9 Å². The van der Waals surface area contributed by atoms with Gasteiger partial charge in [0.1, 0.15) is 17.7 Å². The van der Waals surface area contributed by atoms with E-state index < -0.39 is 29.5 Å². The van der Waals surface area contributed by atoms with Crippen LogP contribution in [0.2, 0.25) is 0 Å². The van der Waals surface area contributed by atoms with Crippen LogP contribution >= 0.6 is 0 Å². The minimum absolute atomic E-state index is 0.206. The van der Waals surface area contributed by atoms with Gasteiger partial charge in [0.25, 0.3) is 5.91 Å². The van der Waals surface area contributed by atoms with Gasteiger partial charge >= 0.3 is 0 Å². The first-order valence-corrected chi connectivity index (χ1v) is 5.61. The predicted molar refractivity (Wildman–Crippen MR) is 66.2 cm³/mol. The van der Waals surface area contributed by atoms with Crippen molar-refractivity contribution in [1.29, 1.82) is 0 Å². The van der Waals surface area contributed by atoms with Crippen molar-refractivity contribution < 1.29 is 18.4 Å². The molecule has 0 aromatic heterocycles. The maximum Gasteiger partial charge on any atom is 0.252 e. The summed E-state index contributed by atoms with van der Waals surface area (Å²) < 4.78 is 25.9. The summed E-state index contributed by atoms with van der Waals surface area (Å²) in [5, 5.41) is 2.33. The number of nitrogens with one attached hydrogen (secondary N) is 1. The Labute approximate surface area is 109 Å². The molecule has 0 aliphatic carbocycles. The van der Waals surface area contributed by atoms with Gasteiger partial charge in [0.15, 0.2) is 0 Å². The topological polar surface area (TPSA) is 72.2 Å². The summed E-state index contributed by atoms with van der Waals surface area (Å²) in [7, 11) is 0. The molecule has 1 rings (SSSR count). The van der Waals surface area contributed by atoms with Gasteiger partial charge in [-0.15, -0.1) is 6.58 Å². The van der Waals surface area contributed by atoms with E-state index in [-0.39, 0.29) is 12.0 Å². The van der Waals surface area contributed by atoms with Gasteiger partial charge in [-0.1, -0.05) is 6.08 Å². The number of carbonyl (C=O) groups excluding carboxylic acids is 2. The normalized spacial score (nSPS) is 11.7. The summed E-state index contributed by atoms with van der Waals surface area (Å²) >= 11 is 0. The summed E-state index contributed by atoms with van der Waals surface area (Å²) in [4.78, 5) is 22.9. The molecule has 1 aromatic carbocycles.